The Bertz CT molecular complexity index is 1080. The normalized spacial score (nSPS) is 10.5. The van der Waals surface area contributed by atoms with E-state index in [1.165, 1.54) is 4.90 Å². The van der Waals surface area contributed by atoms with Crippen molar-refractivity contribution in [2.24, 2.45) is 0 Å². The number of carbonyl (C=O) groups excluding carboxylic acids is 3. The second kappa shape index (κ2) is 11.6. The first-order valence-corrected chi connectivity index (χ1v) is 10.8. The first kappa shape index (κ1) is 23.7. The summed E-state index contributed by atoms with van der Waals surface area (Å²) < 4.78 is 6.98. The van der Waals surface area contributed by atoms with Crippen LogP contribution in [-0.2, 0) is 20.9 Å². The van der Waals surface area contributed by atoms with E-state index in [1.807, 2.05) is 56.4 Å². The minimum absolute atomic E-state index is 0.110. The van der Waals surface area contributed by atoms with Crippen LogP contribution < -0.4 is 5.32 Å². The van der Waals surface area contributed by atoms with Crippen molar-refractivity contribution in [2.45, 2.75) is 26.8 Å². The van der Waals surface area contributed by atoms with Gasteiger partial charge in [0, 0.05) is 24.6 Å². The molecule has 0 saturated heterocycles. The third kappa shape index (κ3) is 7.03. The lowest BCUT2D eigenvalue weighted by Gasteiger charge is -2.21. The molecule has 0 aliphatic heterocycles. The zero-order valence-electron chi connectivity index (χ0n) is 18.9. The Hall–Kier alpha value is -3.94. The first-order valence-electron chi connectivity index (χ1n) is 10.8. The highest BCUT2D eigenvalue weighted by molar-refractivity contribution is 5.96. The van der Waals surface area contributed by atoms with Crippen LogP contribution in [0, 0.1) is 6.92 Å². The van der Waals surface area contributed by atoms with Crippen molar-refractivity contribution < 1.29 is 19.1 Å². The van der Waals surface area contributed by atoms with E-state index in [1.54, 1.807) is 29.1 Å². The van der Waals surface area contributed by atoms with E-state index in [-0.39, 0.29) is 12.5 Å². The zero-order chi connectivity index (χ0) is 23.6. The van der Waals surface area contributed by atoms with Gasteiger partial charge in [-0.1, -0.05) is 37.3 Å². The smallest absolute Gasteiger partial charge is 0.338 e. The van der Waals surface area contributed by atoms with Crippen molar-refractivity contribution in [3.8, 4) is 0 Å². The molecule has 0 aliphatic carbocycles. The summed E-state index contributed by atoms with van der Waals surface area (Å²) in [5.74, 6) is -1.31. The molecule has 3 rings (SSSR count). The monoisotopic (exact) mass is 448 g/mol. The second-order valence-electron chi connectivity index (χ2n) is 7.66. The Kier molecular flexibility index (Phi) is 8.35. The SMILES string of the molecule is CCCN(CC(=O)Nc1ccccc1C)C(=O)COC(=O)c1ccc(Cn2cccn2)cc1. The van der Waals surface area contributed by atoms with Gasteiger partial charge in [-0.2, -0.15) is 5.10 Å². The molecule has 1 aromatic heterocycles. The zero-order valence-corrected chi connectivity index (χ0v) is 18.9. The van der Waals surface area contributed by atoms with Gasteiger partial charge >= 0.3 is 5.97 Å². The molecule has 0 atom stereocenters. The Morgan fingerprint density at radius 1 is 1.06 bits per heavy atom. The van der Waals surface area contributed by atoms with Gasteiger partial charge in [-0.15, -0.1) is 0 Å². The molecule has 1 heterocycles. The van der Waals surface area contributed by atoms with Crippen LogP contribution >= 0.6 is 0 Å². The number of nitrogens with one attached hydrogen (secondary N) is 1. The minimum Gasteiger partial charge on any atom is -0.452 e. The van der Waals surface area contributed by atoms with E-state index in [2.05, 4.69) is 10.4 Å². The van der Waals surface area contributed by atoms with Gasteiger partial charge in [-0.05, 0) is 48.7 Å². The summed E-state index contributed by atoms with van der Waals surface area (Å²) in [5.41, 5.74) is 2.98. The Balaban J connectivity index is 1.51. The maximum Gasteiger partial charge on any atom is 0.338 e. The molecule has 0 aliphatic rings. The van der Waals surface area contributed by atoms with Crippen LogP contribution in [0.2, 0.25) is 0 Å². The molecular weight excluding hydrogens is 420 g/mol. The van der Waals surface area contributed by atoms with Crippen molar-refractivity contribution >= 4 is 23.5 Å². The molecule has 0 radical (unpaired) electrons. The predicted molar refractivity (Wildman–Crippen MR) is 125 cm³/mol. The van der Waals surface area contributed by atoms with Gasteiger partial charge < -0.3 is 15.0 Å². The van der Waals surface area contributed by atoms with Crippen molar-refractivity contribution in [2.75, 3.05) is 25.0 Å². The lowest BCUT2D eigenvalue weighted by molar-refractivity contribution is -0.137. The fourth-order valence-corrected chi connectivity index (χ4v) is 3.27. The molecule has 1 N–H and O–H groups in total. The number of rotatable bonds is 10. The number of anilines is 1. The van der Waals surface area contributed by atoms with Gasteiger partial charge in [-0.25, -0.2) is 4.79 Å². The minimum atomic E-state index is -0.588. The lowest BCUT2D eigenvalue weighted by Crippen LogP contribution is -2.40. The van der Waals surface area contributed by atoms with Gasteiger partial charge in [0.1, 0.15) is 0 Å². The van der Waals surface area contributed by atoms with E-state index < -0.39 is 18.5 Å². The van der Waals surface area contributed by atoms with E-state index >= 15 is 0 Å². The maximum absolute atomic E-state index is 12.6. The summed E-state index contributed by atoms with van der Waals surface area (Å²) in [5, 5.41) is 6.97. The quantitative estimate of drug-likeness (QED) is 0.481. The molecule has 33 heavy (non-hydrogen) atoms. The van der Waals surface area contributed by atoms with E-state index in [4.69, 9.17) is 4.74 Å². The van der Waals surface area contributed by atoms with Crippen LogP contribution in [-0.4, -0.2) is 52.2 Å². The number of carbonyl (C=O) groups is 3. The predicted octanol–water partition coefficient (Wildman–Crippen LogP) is 3.27. The number of benzene rings is 2. The third-order valence-corrected chi connectivity index (χ3v) is 5.02. The molecule has 2 aromatic carbocycles. The van der Waals surface area contributed by atoms with Crippen LogP contribution in [0.4, 0.5) is 5.69 Å². The number of nitrogens with zero attached hydrogens (tertiary/aromatic N) is 3. The van der Waals surface area contributed by atoms with Crippen LogP contribution in [0.1, 0.15) is 34.8 Å². The Morgan fingerprint density at radius 2 is 1.82 bits per heavy atom. The molecule has 2 amide bonds. The lowest BCUT2D eigenvalue weighted by atomic mass is 10.1. The fourth-order valence-electron chi connectivity index (χ4n) is 3.27. The van der Waals surface area contributed by atoms with Crippen molar-refractivity contribution in [1.29, 1.82) is 0 Å². The molecule has 8 heteroatoms. The van der Waals surface area contributed by atoms with Gasteiger partial charge in [-0.3, -0.25) is 14.3 Å². The molecule has 0 unspecified atom stereocenters. The topological polar surface area (TPSA) is 93.5 Å². The molecule has 8 nitrogen and oxygen atoms in total. The standard InChI is InChI=1S/C25H28N4O4/c1-3-14-28(17-23(30)27-22-8-5-4-7-19(22)2)24(31)18-33-25(32)21-11-9-20(10-12-21)16-29-15-6-13-26-29/h4-13,15H,3,14,16-18H2,1-2H3,(H,27,30). The molecule has 172 valence electrons. The highest BCUT2D eigenvalue weighted by atomic mass is 16.5. The Morgan fingerprint density at radius 3 is 2.48 bits per heavy atom. The van der Waals surface area contributed by atoms with Crippen LogP contribution in [0.15, 0.2) is 67.0 Å². The average molecular weight is 449 g/mol. The number of amides is 2. The third-order valence-electron chi connectivity index (χ3n) is 5.02. The largest absolute Gasteiger partial charge is 0.452 e. The second-order valence-corrected chi connectivity index (χ2v) is 7.66. The van der Waals surface area contributed by atoms with Crippen molar-refractivity contribution in [3.05, 3.63) is 83.7 Å². The number of hydrogen-bond acceptors (Lipinski definition) is 5. The summed E-state index contributed by atoms with van der Waals surface area (Å²) in [7, 11) is 0. The van der Waals surface area contributed by atoms with E-state index in [9.17, 15) is 14.4 Å². The van der Waals surface area contributed by atoms with Crippen LogP contribution in [0.5, 0.6) is 0 Å². The number of aromatic nitrogens is 2. The summed E-state index contributed by atoms with van der Waals surface area (Å²) >= 11 is 0. The summed E-state index contributed by atoms with van der Waals surface area (Å²) in [6.07, 6.45) is 4.24. The van der Waals surface area contributed by atoms with Crippen molar-refractivity contribution in [1.82, 2.24) is 14.7 Å². The average Bonchev–Trinajstić information content (AvgIpc) is 3.32. The van der Waals surface area contributed by atoms with Gasteiger partial charge in [0.2, 0.25) is 5.91 Å². The Labute approximate surface area is 193 Å². The number of ether oxygens (including phenoxy) is 1. The van der Waals surface area contributed by atoms with E-state index in [0.717, 1.165) is 11.1 Å². The van der Waals surface area contributed by atoms with E-state index in [0.29, 0.717) is 30.8 Å². The highest BCUT2D eigenvalue weighted by Gasteiger charge is 2.19. The summed E-state index contributed by atoms with van der Waals surface area (Å²) in [4.78, 5) is 38.8. The molecule has 0 saturated carbocycles. The molecular formula is C25H28N4O4. The molecule has 3 aromatic rings. The fraction of sp³-hybridized carbons (Fsp3) is 0.280. The molecule has 0 fully saturated rings. The molecule has 0 bridgehead atoms. The molecule has 0 spiro atoms. The van der Waals surface area contributed by atoms with Crippen LogP contribution in [0.3, 0.4) is 0 Å². The first-order chi connectivity index (χ1) is 16.0. The van der Waals surface area contributed by atoms with Crippen molar-refractivity contribution in [3.63, 3.8) is 0 Å². The number of hydrogen-bond donors (Lipinski definition) is 1. The van der Waals surface area contributed by atoms with Gasteiger partial charge in [0.15, 0.2) is 6.61 Å². The van der Waals surface area contributed by atoms with Gasteiger partial charge in [0.25, 0.3) is 5.91 Å². The highest BCUT2D eigenvalue weighted by Crippen LogP contribution is 2.13. The van der Waals surface area contributed by atoms with Crippen LogP contribution in [0.25, 0.3) is 0 Å². The summed E-state index contributed by atoms with van der Waals surface area (Å²) in [6, 6.07) is 16.2. The number of esters is 1. The maximum atomic E-state index is 12.6. The summed E-state index contributed by atoms with van der Waals surface area (Å²) in [6.45, 7) is 4.26. The number of para-hydroxylation sites is 1. The number of aryl methyl sites for hydroxylation is 1. The van der Waals surface area contributed by atoms with Gasteiger partial charge in [0.05, 0.1) is 18.7 Å².